The standard InChI is InChI=1S/C16H22N6O3S.C15H20N6O3S.C15H19N3O3S.C13H17N3O2S.C11H14N6OS.C10H12N6OS.2C2HF3O2.CH3Cl.CH3F.CH4/c1-9(23)17-14-12(13-18-20-21(5)19-13)10-6-7-22(8-11(10)26-14)15(24)25-16(2,3)4;1-8(22)16-13-11(12-17-19-20-18-12)9-5-6-21(7-10(9)25-13)14(23)24-15(2,3)4;1-9(19)17-13-11(7-16)10-5-6-18(8-12(10)22-13)14(20)21-15(2,3)4;1-13(2,3)18-12(17)16-5-4-8-9(6-14)11(15)19-10(8)7-16;1-6(18)13-11-9(10-14-16-17(2)15-10)7-3-4-12-5-8(7)19-11;1-5(17)12-10-8(9-13-15-16-14-9)6-2-3-11-4-7(6)18-10;2*3-2(4,5)1(6)7;2*1-2;/h6-8H2,1-5H3,(H,17,23);5-7H2,1-4H3,(H,16,22)(H,17,18,19,20);5-6,8H2,1-4H3,(H,17,19);4-5,7,15H2,1-3H3;12H,3-5H2,1-2H3,(H,13,18);11H,2-4H2,1H3,(H,12,17)(H,13,14,15,16);2*(H,6,7);2*1H3;1H4/i;;;;;;;;;1D;. The lowest BCUT2D eigenvalue weighted by molar-refractivity contribution is -0.673. The van der Waals surface area contributed by atoms with Crippen LogP contribution in [0.2, 0.25) is 0 Å². The number of hydrogen-bond donors (Lipinski definition) is 10. The number of ether oxygens (including phenoxy) is 4. The minimum atomic E-state index is -5.19. The van der Waals surface area contributed by atoms with Crippen LogP contribution in [0.25, 0.3) is 45.6 Å². The van der Waals surface area contributed by atoms with Crippen molar-refractivity contribution in [1.29, 1.82) is 10.5 Å². The smallest absolute Gasteiger partial charge is 0.430 e. The fourth-order valence-electron chi connectivity index (χ4n) is 14.1. The molecule has 0 aromatic carbocycles. The summed E-state index contributed by atoms with van der Waals surface area (Å²) in [4.78, 5) is 139. The third-order valence-electron chi connectivity index (χ3n) is 19.6. The van der Waals surface area contributed by atoms with Gasteiger partial charge in [0, 0.05) is 99.5 Å². The predicted octanol–water partition coefficient (Wildman–Crippen LogP) is 9.43. The average Bonchev–Trinajstić information content (AvgIpc) is 1.64. The van der Waals surface area contributed by atoms with Gasteiger partial charge >= 0.3 is 36.7 Å². The Morgan fingerprint density at radius 2 is 0.676 bits per heavy atom. The molecule has 13 N–H and O–H groups in total. The second-order valence-electron chi connectivity index (χ2n) is 35.8. The molecule has 16 rings (SSSR count). The number of amides is 9. The summed E-state index contributed by atoms with van der Waals surface area (Å²) in [6, 6.07) is 4.29. The fourth-order valence-corrected chi connectivity index (χ4v) is 21.7. The Balaban J connectivity index is 0.000000264. The maximum absolute atomic E-state index is 12.4. The Morgan fingerprint density at radius 1 is 0.426 bits per heavy atom. The number of rotatable bonds is 9. The number of aromatic nitrogens is 16. The summed E-state index contributed by atoms with van der Waals surface area (Å²) in [6.45, 7) is 37.3. The number of nitrogens with one attached hydrogen (secondary N) is 7. The second-order valence-corrected chi connectivity index (χ2v) is 42.5. The minimum absolute atomic E-state index is 0. The van der Waals surface area contributed by atoms with E-state index in [1.54, 1.807) is 56.4 Å². The summed E-state index contributed by atoms with van der Waals surface area (Å²) in [6.07, 6.45) is -5.81. The number of carboxylic acids is 2. The van der Waals surface area contributed by atoms with Crippen molar-refractivity contribution < 1.29 is 125 Å². The first kappa shape index (κ1) is 121. The van der Waals surface area contributed by atoms with Crippen LogP contribution >= 0.6 is 79.6 Å². The van der Waals surface area contributed by atoms with Crippen LogP contribution in [0.5, 0.6) is 0 Å². The molecular formula is C87H116ClF7N30O17S6. The third-order valence-corrected chi connectivity index (χ3v) is 26.4. The van der Waals surface area contributed by atoms with Gasteiger partial charge in [0.2, 0.25) is 52.8 Å². The van der Waals surface area contributed by atoms with E-state index in [0.717, 1.165) is 113 Å². The van der Waals surface area contributed by atoms with E-state index in [9.17, 15) is 79.1 Å². The highest BCUT2D eigenvalue weighted by atomic mass is 35.5. The number of quaternary nitrogens is 2. The van der Waals surface area contributed by atoms with Gasteiger partial charge in [0.25, 0.3) is 0 Å². The van der Waals surface area contributed by atoms with E-state index in [4.69, 9.17) is 51.1 Å². The van der Waals surface area contributed by atoms with Crippen molar-refractivity contribution in [3.63, 3.8) is 0 Å². The number of carbonyl (C=O) groups is 11. The van der Waals surface area contributed by atoms with Crippen LogP contribution in [0.1, 0.15) is 200 Å². The van der Waals surface area contributed by atoms with Crippen molar-refractivity contribution in [2.45, 2.75) is 238 Å². The summed E-state index contributed by atoms with van der Waals surface area (Å²) < 4.78 is 100. The fraction of sp³-hybridized carbons (Fsp3) is 0.529. The molecule has 9 amide bonds. The maximum atomic E-state index is 12.4. The SMILES string of the molecule is C.CC(=O)Nc1sc2c(c1-c1nn[nH]n1)CCN(C(=O)OC(C)(C)C)C2.CC(=O)Nc1sc2c(c1-c1nn[nH]n1)CC[NH2+]C2.CC(=O)Nc1sc2c(c1-c1nnn(C)n1)CCN(C(=O)OC(C)(C)C)C2.CC(=O)Nc1sc2c(c1-c1nnn(C)n1)CC[NH2+]C2.CC(=O)Nc1sc2c(c1C#N)CCN(C(=O)OC(C)(C)C)C2.CC(C)(C)OC(=O)N1CCc2c(sc(N)c2C#N)C1.CCl.O=C([O-])C(F)(F)F.O=C([O-])C(F)(F)F.[2H]CF. The lowest BCUT2D eigenvalue weighted by atomic mass is 10.0. The first-order valence-electron chi connectivity index (χ1n) is 44.9. The topological polar surface area (TPSA) is 647 Å². The molecule has 0 spiro atoms. The van der Waals surface area contributed by atoms with E-state index >= 15 is 0 Å². The molecule has 61 heteroatoms. The predicted molar refractivity (Wildman–Crippen MR) is 531 cm³/mol. The zero-order valence-electron chi connectivity index (χ0n) is 84.5. The highest BCUT2D eigenvalue weighted by Gasteiger charge is 2.39. The van der Waals surface area contributed by atoms with Crippen molar-refractivity contribution in [1.82, 2.24) is 101 Å². The minimum Gasteiger partial charge on any atom is -0.542 e. The van der Waals surface area contributed by atoms with Gasteiger partial charge in [-0.2, -0.15) is 56.9 Å². The summed E-state index contributed by atoms with van der Waals surface area (Å²) in [5, 5.41) is 111. The first-order chi connectivity index (χ1) is 69.1. The highest BCUT2D eigenvalue weighted by Crippen LogP contribution is 2.47. The highest BCUT2D eigenvalue weighted by molar-refractivity contribution is 7.18. The molecule has 0 atom stereocenters. The summed E-state index contributed by atoms with van der Waals surface area (Å²) >= 11 is 13.5. The second kappa shape index (κ2) is 53.8. The summed E-state index contributed by atoms with van der Waals surface area (Å²) in [5.74, 6) is -4.67. The molecule has 10 aromatic rings. The van der Waals surface area contributed by atoms with Crippen LogP contribution in [-0.4, -0.2) is 255 Å². The molecule has 0 saturated heterocycles. The average molecular weight is 2220 g/mol. The molecule has 0 unspecified atom stereocenters. The van der Waals surface area contributed by atoms with Gasteiger partial charge in [-0.05, 0) is 163 Å². The van der Waals surface area contributed by atoms with Gasteiger partial charge in [-0.1, -0.05) is 7.43 Å². The van der Waals surface area contributed by atoms with E-state index in [2.05, 4.69) is 133 Å². The number of thiophene rings is 6. The molecule has 808 valence electrons. The number of tetrazole rings is 4. The monoisotopic (exact) mass is 2210 g/mol. The summed E-state index contributed by atoms with van der Waals surface area (Å²) in [7, 11) is 2.43. The molecule has 6 aliphatic heterocycles. The number of halogens is 8. The Morgan fingerprint density at radius 3 is 0.932 bits per heavy atom. The number of fused-ring (bicyclic) bond motifs is 6. The molecule has 0 fully saturated rings. The van der Waals surface area contributed by atoms with Gasteiger partial charge in [0.1, 0.15) is 89.6 Å². The Labute approximate surface area is 875 Å². The van der Waals surface area contributed by atoms with Gasteiger partial charge in [-0.25, -0.2) is 19.2 Å². The van der Waals surface area contributed by atoms with E-state index in [1.807, 2.05) is 83.1 Å². The maximum Gasteiger partial charge on any atom is 0.430 e. The van der Waals surface area contributed by atoms with Crippen LogP contribution in [0.3, 0.4) is 0 Å². The molecular weight excluding hydrogens is 2100 g/mol. The van der Waals surface area contributed by atoms with Crippen LogP contribution in [-0.2, 0) is 144 Å². The number of anilines is 6. The van der Waals surface area contributed by atoms with Gasteiger partial charge in [-0.15, -0.1) is 120 Å². The van der Waals surface area contributed by atoms with E-state index in [-0.39, 0.29) is 61.3 Å². The lowest BCUT2D eigenvalue weighted by Crippen LogP contribution is -2.84. The number of aliphatic carboxylic acids is 2. The molecule has 10 aromatic heterocycles. The van der Waals surface area contributed by atoms with Crippen molar-refractivity contribution in [2.24, 2.45) is 14.1 Å². The number of aromatic amines is 2. The van der Waals surface area contributed by atoms with E-state index < -0.39 is 53.8 Å². The number of nitriles is 2. The van der Waals surface area contributed by atoms with Crippen molar-refractivity contribution in [2.75, 3.05) is 85.1 Å². The zero-order chi connectivity index (χ0) is 111. The van der Waals surface area contributed by atoms with Gasteiger partial charge in [-0.3, -0.25) is 28.4 Å². The van der Waals surface area contributed by atoms with Crippen molar-refractivity contribution in [3.8, 4) is 57.7 Å². The normalized spacial score (nSPS) is 13.6. The number of nitrogens with two attached hydrogens (primary N) is 3. The number of nitrogens with zero attached hydrogens (tertiary/aromatic N) is 20. The Hall–Kier alpha value is -13.7. The molecule has 0 radical (unpaired) electrons. The van der Waals surface area contributed by atoms with E-state index in [1.165, 1.54) is 117 Å². The third kappa shape index (κ3) is 35.9. The Bertz CT molecular complexity index is 6390. The van der Waals surface area contributed by atoms with Crippen LogP contribution < -0.4 is 53.2 Å². The number of aryl methyl sites for hydroxylation is 2. The molecule has 148 heavy (non-hydrogen) atoms. The number of hydrogen-bond acceptors (Lipinski definition) is 38. The quantitative estimate of drug-likeness (QED) is 0.0365. The van der Waals surface area contributed by atoms with Gasteiger partial charge < -0.3 is 101 Å². The number of alkyl halides is 8. The number of nitrogen functional groups attached to an aromatic ring is 1. The number of carboxylic acid groups (broad SMARTS) is 2. The molecule has 0 aliphatic carbocycles. The van der Waals surface area contributed by atoms with Crippen molar-refractivity contribution >= 4 is 175 Å². The molecule has 0 bridgehead atoms. The molecule has 16 heterocycles. The van der Waals surface area contributed by atoms with Crippen LogP contribution in [0, 0.1) is 22.7 Å². The summed E-state index contributed by atoms with van der Waals surface area (Å²) in [5.41, 5.74) is 14.7. The van der Waals surface area contributed by atoms with E-state index in [0.29, 0.717) is 132 Å². The number of carbonyl (C=O) groups excluding carboxylic acids is 11. The van der Waals surface area contributed by atoms with Crippen LogP contribution in [0.15, 0.2) is 0 Å². The zero-order valence-corrected chi connectivity index (χ0v) is 89.2. The Kier molecular flexibility index (Phi) is 44.1. The van der Waals surface area contributed by atoms with Crippen LogP contribution in [0.4, 0.5) is 79.9 Å². The van der Waals surface area contributed by atoms with Gasteiger partial charge in [0.05, 0.1) is 105 Å². The molecule has 0 saturated carbocycles. The molecule has 6 aliphatic rings. The number of H-pyrrole nitrogens is 2. The largest absolute Gasteiger partial charge is 0.542 e. The van der Waals surface area contributed by atoms with Gasteiger partial charge in [0.15, 0.2) is 0 Å². The van der Waals surface area contributed by atoms with Crippen molar-refractivity contribution in [3.05, 3.63) is 73.8 Å². The lowest BCUT2D eigenvalue weighted by Gasteiger charge is -2.30. The first-order valence-corrected chi connectivity index (χ1v) is 49.9. The molecule has 47 nitrogen and oxygen atoms in total.